The molecule has 3 amide bonds. The molecule has 15 heteroatoms. The number of hydrogen-bond donors (Lipinski definition) is 1. The van der Waals surface area contributed by atoms with E-state index in [4.69, 9.17) is 9.47 Å². The van der Waals surface area contributed by atoms with Crippen molar-refractivity contribution < 1.29 is 33.7 Å². The summed E-state index contributed by atoms with van der Waals surface area (Å²) in [4.78, 5) is 63.8. The lowest BCUT2D eigenvalue weighted by molar-refractivity contribution is -0.385. The molecule has 224 valence electrons. The van der Waals surface area contributed by atoms with E-state index in [0.717, 1.165) is 0 Å². The third-order valence-electron chi connectivity index (χ3n) is 7.26. The first-order valence-corrected chi connectivity index (χ1v) is 13.8. The zero-order valence-corrected chi connectivity index (χ0v) is 23.8. The van der Waals surface area contributed by atoms with Crippen LogP contribution in [0.2, 0.25) is 0 Å². The first kappa shape index (κ1) is 30.6. The van der Waals surface area contributed by atoms with Crippen molar-refractivity contribution in [3.8, 4) is 0 Å². The number of hydrogen-bond acceptors (Lipinski definition) is 10. The molecule has 4 rings (SSSR count). The van der Waals surface area contributed by atoms with Crippen LogP contribution in [0.4, 0.5) is 21.0 Å². The molecule has 3 atom stereocenters. The Morgan fingerprint density at radius 3 is 2.02 bits per heavy atom. The van der Waals surface area contributed by atoms with Crippen LogP contribution in [0.15, 0.2) is 48.5 Å². The largest absolute Gasteiger partial charge is 0.445 e. The van der Waals surface area contributed by atoms with E-state index < -0.39 is 28.1 Å². The molecule has 14 nitrogen and oxygen atoms in total. The molecule has 2 fully saturated rings. The molecular weight excluding hydrogens is 570 g/mol. The molecule has 42 heavy (non-hydrogen) atoms. The van der Waals surface area contributed by atoms with Gasteiger partial charge in [0.05, 0.1) is 9.85 Å². The molecule has 2 aromatic rings. The fraction of sp³-hybridized carbons (Fsp3) is 0.444. The van der Waals surface area contributed by atoms with E-state index >= 15 is 0 Å². The summed E-state index contributed by atoms with van der Waals surface area (Å²) in [6, 6.07) is 10.7. The monoisotopic (exact) mass is 601 g/mol. The van der Waals surface area contributed by atoms with Crippen molar-refractivity contribution in [2.75, 3.05) is 33.2 Å². The Balaban J connectivity index is 1.25. The van der Waals surface area contributed by atoms with Gasteiger partial charge in [-0.1, -0.05) is 0 Å². The molecule has 2 aliphatic heterocycles. The SMILES string of the molecule is CN(C[C@H]1CCN(C(=O)[C@@H]2C[C@H](S)CN2C(=O)OCc2ccc([N+](=O)[O-])cc2)C1)C(=O)OCc1ccc([N+](=O)[O-])cc1. The van der Waals surface area contributed by atoms with E-state index in [1.807, 2.05) is 0 Å². The van der Waals surface area contributed by atoms with Crippen molar-refractivity contribution >= 4 is 42.1 Å². The summed E-state index contributed by atoms with van der Waals surface area (Å²) in [5, 5.41) is 21.4. The predicted molar refractivity (Wildman–Crippen MR) is 152 cm³/mol. The number of thiol groups is 1. The van der Waals surface area contributed by atoms with Crippen LogP contribution in [0, 0.1) is 26.1 Å². The van der Waals surface area contributed by atoms with E-state index in [1.54, 1.807) is 11.9 Å². The molecule has 2 heterocycles. The Hall–Kier alpha value is -4.40. The van der Waals surface area contributed by atoms with Gasteiger partial charge in [-0.25, -0.2) is 9.59 Å². The van der Waals surface area contributed by atoms with E-state index in [-0.39, 0.29) is 48.2 Å². The van der Waals surface area contributed by atoms with Crippen molar-refractivity contribution in [2.45, 2.75) is 37.3 Å². The summed E-state index contributed by atoms with van der Waals surface area (Å²) in [5.41, 5.74) is 1.08. The fourth-order valence-electron chi connectivity index (χ4n) is 5.02. The molecule has 0 unspecified atom stereocenters. The van der Waals surface area contributed by atoms with Gasteiger partial charge in [0.15, 0.2) is 0 Å². The second-order valence-corrected chi connectivity index (χ2v) is 11.1. The number of non-ortho nitro benzene ring substituents is 2. The fourth-order valence-corrected chi connectivity index (χ4v) is 5.39. The number of carbonyl (C=O) groups excluding carboxylic acids is 3. The lowest BCUT2D eigenvalue weighted by Crippen LogP contribution is -2.47. The van der Waals surface area contributed by atoms with Gasteiger partial charge >= 0.3 is 12.2 Å². The Morgan fingerprint density at radius 1 is 0.929 bits per heavy atom. The molecule has 2 aliphatic rings. The number of nitro benzene ring substituents is 2. The molecule has 0 aliphatic carbocycles. The lowest BCUT2D eigenvalue weighted by atomic mass is 10.1. The number of likely N-dealkylation sites (tertiary alicyclic amines) is 2. The molecule has 0 bridgehead atoms. The Bertz CT molecular complexity index is 1320. The van der Waals surface area contributed by atoms with Crippen LogP contribution in [0.3, 0.4) is 0 Å². The van der Waals surface area contributed by atoms with Gasteiger partial charge in [-0.2, -0.15) is 12.6 Å². The molecule has 0 aromatic heterocycles. The normalized spacial score (nSPS) is 19.8. The summed E-state index contributed by atoms with van der Waals surface area (Å²) in [6.07, 6.45) is -0.152. The summed E-state index contributed by atoms with van der Waals surface area (Å²) < 4.78 is 10.7. The van der Waals surface area contributed by atoms with Gasteiger partial charge in [-0.15, -0.1) is 0 Å². The highest BCUT2D eigenvalue weighted by molar-refractivity contribution is 7.81. The molecule has 0 N–H and O–H groups in total. The van der Waals surface area contributed by atoms with Crippen molar-refractivity contribution in [1.29, 1.82) is 0 Å². The Labute approximate surface area is 246 Å². The molecular formula is C27H31N5O9S. The van der Waals surface area contributed by atoms with Gasteiger partial charge in [0.2, 0.25) is 5.91 Å². The highest BCUT2D eigenvalue weighted by Gasteiger charge is 2.42. The first-order chi connectivity index (χ1) is 20.0. The predicted octanol–water partition coefficient (Wildman–Crippen LogP) is 3.63. The van der Waals surface area contributed by atoms with E-state index in [1.165, 1.54) is 58.3 Å². The highest BCUT2D eigenvalue weighted by Crippen LogP contribution is 2.27. The Kier molecular flexibility index (Phi) is 9.83. The summed E-state index contributed by atoms with van der Waals surface area (Å²) in [5.74, 6) is -0.189. The van der Waals surface area contributed by atoms with Crippen molar-refractivity contribution in [3.63, 3.8) is 0 Å². The minimum Gasteiger partial charge on any atom is -0.445 e. The average Bonchev–Trinajstić information content (AvgIpc) is 3.61. The number of amides is 3. The third-order valence-corrected chi connectivity index (χ3v) is 7.63. The van der Waals surface area contributed by atoms with E-state index in [0.29, 0.717) is 43.6 Å². The highest BCUT2D eigenvalue weighted by atomic mass is 32.1. The third kappa shape index (κ3) is 7.66. The van der Waals surface area contributed by atoms with Gasteiger partial charge in [0.1, 0.15) is 19.3 Å². The number of carbonyl (C=O) groups is 3. The van der Waals surface area contributed by atoms with Crippen molar-refractivity contribution in [1.82, 2.24) is 14.7 Å². The summed E-state index contributed by atoms with van der Waals surface area (Å²) in [7, 11) is 1.60. The van der Waals surface area contributed by atoms with Gasteiger partial charge in [-0.05, 0) is 54.2 Å². The quantitative estimate of drug-likeness (QED) is 0.257. The zero-order chi connectivity index (χ0) is 30.4. The second kappa shape index (κ2) is 13.5. The average molecular weight is 602 g/mol. The Morgan fingerprint density at radius 2 is 1.48 bits per heavy atom. The van der Waals surface area contributed by atoms with E-state index in [9.17, 15) is 34.6 Å². The van der Waals surface area contributed by atoms with Crippen molar-refractivity contribution in [2.24, 2.45) is 5.92 Å². The van der Waals surface area contributed by atoms with Crippen LogP contribution in [0.25, 0.3) is 0 Å². The number of nitrogens with zero attached hydrogens (tertiary/aromatic N) is 5. The number of ether oxygens (including phenoxy) is 2. The van der Waals surface area contributed by atoms with Crippen LogP contribution >= 0.6 is 12.6 Å². The van der Waals surface area contributed by atoms with Crippen LogP contribution < -0.4 is 0 Å². The zero-order valence-electron chi connectivity index (χ0n) is 22.9. The minimum atomic E-state index is -0.722. The van der Waals surface area contributed by atoms with Gasteiger partial charge in [0.25, 0.3) is 11.4 Å². The van der Waals surface area contributed by atoms with Gasteiger partial charge < -0.3 is 19.3 Å². The maximum Gasteiger partial charge on any atom is 0.410 e. The maximum atomic E-state index is 13.4. The molecule has 0 radical (unpaired) electrons. The van der Waals surface area contributed by atoms with Gasteiger partial charge in [-0.3, -0.25) is 29.9 Å². The van der Waals surface area contributed by atoms with Crippen molar-refractivity contribution in [3.05, 3.63) is 79.9 Å². The summed E-state index contributed by atoms with van der Waals surface area (Å²) in [6.45, 7) is 1.39. The molecule has 2 saturated heterocycles. The number of nitro groups is 2. The molecule has 2 aromatic carbocycles. The van der Waals surface area contributed by atoms with E-state index in [2.05, 4.69) is 12.6 Å². The summed E-state index contributed by atoms with van der Waals surface area (Å²) >= 11 is 4.48. The lowest BCUT2D eigenvalue weighted by Gasteiger charge is -2.27. The smallest absolute Gasteiger partial charge is 0.410 e. The van der Waals surface area contributed by atoms with Crippen LogP contribution in [0.1, 0.15) is 24.0 Å². The number of rotatable bonds is 9. The molecule has 0 spiro atoms. The van der Waals surface area contributed by atoms with Crippen LogP contribution in [-0.4, -0.2) is 87.2 Å². The van der Waals surface area contributed by atoms with Crippen LogP contribution in [-0.2, 0) is 27.5 Å². The molecule has 0 saturated carbocycles. The maximum absolute atomic E-state index is 13.4. The van der Waals surface area contributed by atoms with Crippen LogP contribution in [0.5, 0.6) is 0 Å². The minimum absolute atomic E-state index is 0.0154. The second-order valence-electron chi connectivity index (χ2n) is 10.3. The topological polar surface area (TPSA) is 166 Å². The first-order valence-electron chi connectivity index (χ1n) is 13.3. The van der Waals surface area contributed by atoms with Gasteiger partial charge in [0, 0.05) is 62.7 Å². The number of benzene rings is 2. The standard InChI is InChI=1S/C27H31N5O9S/c1-28(26(34)40-16-18-2-6-21(7-3-18)31(36)37)13-20-10-11-29(14-20)25(33)24-12-23(42)15-30(24)27(35)41-17-19-4-8-22(9-5-19)32(38)39/h2-9,20,23-24,42H,10-17H2,1H3/t20-,23+,24+/m1/s1.